The average molecular weight is 337 g/mol. The van der Waals surface area contributed by atoms with Crippen LogP contribution in [0.3, 0.4) is 0 Å². The number of esters is 1. The summed E-state index contributed by atoms with van der Waals surface area (Å²) in [5.41, 5.74) is 2.74. The number of hydrogen-bond acceptors (Lipinski definition) is 5. The number of anilines is 2. The lowest BCUT2D eigenvalue weighted by Crippen LogP contribution is -2.09. The van der Waals surface area contributed by atoms with Gasteiger partial charge in [-0.3, -0.25) is 0 Å². The fraction of sp³-hybridized carbons (Fsp3) is 0.105. The van der Waals surface area contributed by atoms with Gasteiger partial charge < -0.3 is 10.1 Å². The van der Waals surface area contributed by atoms with Gasteiger partial charge in [-0.25, -0.2) is 19.2 Å². The molecule has 0 saturated carbocycles. The Labute approximate surface area is 144 Å². The summed E-state index contributed by atoms with van der Waals surface area (Å²) >= 11 is 0. The van der Waals surface area contributed by atoms with Crippen LogP contribution in [0.15, 0.2) is 61.1 Å². The summed E-state index contributed by atoms with van der Waals surface area (Å²) in [4.78, 5) is 20.4. The van der Waals surface area contributed by atoms with Crippen LogP contribution in [0.2, 0.25) is 0 Å². The Balaban J connectivity index is 1.81. The summed E-state index contributed by atoms with van der Waals surface area (Å²) < 4.78 is 18.9. The van der Waals surface area contributed by atoms with Crippen molar-refractivity contribution in [1.82, 2.24) is 9.97 Å². The van der Waals surface area contributed by atoms with Gasteiger partial charge in [-0.05, 0) is 30.7 Å². The molecule has 0 aliphatic carbocycles. The monoisotopic (exact) mass is 337 g/mol. The number of halogens is 1. The van der Waals surface area contributed by atoms with Gasteiger partial charge in [-0.2, -0.15) is 0 Å². The first kappa shape index (κ1) is 16.6. The molecule has 25 heavy (non-hydrogen) atoms. The van der Waals surface area contributed by atoms with Crippen LogP contribution in [0.5, 0.6) is 0 Å². The number of hydrogen-bond donors (Lipinski definition) is 1. The smallest absolute Gasteiger partial charge is 0.340 e. The van der Waals surface area contributed by atoms with E-state index in [0.717, 1.165) is 11.6 Å². The van der Waals surface area contributed by atoms with Crippen LogP contribution in [0.4, 0.5) is 15.8 Å². The summed E-state index contributed by atoms with van der Waals surface area (Å²) in [5, 5.41) is 3.05. The van der Waals surface area contributed by atoms with Gasteiger partial charge in [0.25, 0.3) is 0 Å². The first-order chi connectivity index (χ1) is 12.1. The molecule has 5 nitrogen and oxygen atoms in total. The van der Waals surface area contributed by atoms with E-state index < -0.39 is 11.8 Å². The number of carbonyl (C=O) groups is 1. The zero-order valence-electron chi connectivity index (χ0n) is 13.6. The maximum Gasteiger partial charge on any atom is 0.340 e. The van der Waals surface area contributed by atoms with Gasteiger partial charge in [0.15, 0.2) is 0 Å². The SMILES string of the molecule is Cc1ncncc1Nc1ccc(F)cc1C(=O)OCc1ccccc1. The molecule has 3 rings (SSSR count). The topological polar surface area (TPSA) is 64.1 Å². The summed E-state index contributed by atoms with van der Waals surface area (Å²) in [6.45, 7) is 1.92. The predicted molar refractivity (Wildman–Crippen MR) is 92.0 cm³/mol. The van der Waals surface area contributed by atoms with E-state index in [2.05, 4.69) is 15.3 Å². The second kappa shape index (κ2) is 7.53. The van der Waals surface area contributed by atoms with Crippen LogP contribution in [-0.2, 0) is 11.3 Å². The van der Waals surface area contributed by atoms with Crippen LogP contribution in [0, 0.1) is 12.7 Å². The van der Waals surface area contributed by atoms with Crippen molar-refractivity contribution in [3.8, 4) is 0 Å². The minimum Gasteiger partial charge on any atom is -0.457 e. The lowest BCUT2D eigenvalue weighted by Gasteiger charge is -2.13. The molecule has 0 unspecified atom stereocenters. The van der Waals surface area contributed by atoms with E-state index in [0.29, 0.717) is 17.1 Å². The molecule has 2 aromatic carbocycles. The van der Waals surface area contributed by atoms with Crippen molar-refractivity contribution < 1.29 is 13.9 Å². The first-order valence-corrected chi connectivity index (χ1v) is 7.68. The number of rotatable bonds is 5. The van der Waals surface area contributed by atoms with Crippen molar-refractivity contribution in [1.29, 1.82) is 0 Å². The third kappa shape index (κ3) is 4.17. The second-order valence-electron chi connectivity index (χ2n) is 5.40. The van der Waals surface area contributed by atoms with Crippen LogP contribution >= 0.6 is 0 Å². The summed E-state index contributed by atoms with van der Waals surface area (Å²) in [5.74, 6) is -1.13. The molecule has 0 radical (unpaired) electrons. The summed E-state index contributed by atoms with van der Waals surface area (Å²) in [6, 6.07) is 13.2. The zero-order valence-corrected chi connectivity index (χ0v) is 13.6. The number of aromatic nitrogens is 2. The lowest BCUT2D eigenvalue weighted by atomic mass is 10.1. The lowest BCUT2D eigenvalue weighted by molar-refractivity contribution is 0.0473. The molecule has 1 N–H and O–H groups in total. The first-order valence-electron chi connectivity index (χ1n) is 7.68. The van der Waals surface area contributed by atoms with E-state index in [1.54, 1.807) is 13.1 Å². The van der Waals surface area contributed by atoms with E-state index >= 15 is 0 Å². The van der Waals surface area contributed by atoms with E-state index in [1.807, 2.05) is 30.3 Å². The second-order valence-corrected chi connectivity index (χ2v) is 5.40. The fourth-order valence-electron chi connectivity index (χ4n) is 2.25. The average Bonchev–Trinajstić information content (AvgIpc) is 2.64. The van der Waals surface area contributed by atoms with Crippen molar-refractivity contribution in [2.24, 2.45) is 0 Å². The maximum atomic E-state index is 13.6. The standard InChI is InChI=1S/C19H16FN3O2/c1-13-18(10-21-12-22-13)23-17-8-7-15(20)9-16(17)19(24)25-11-14-5-3-2-4-6-14/h2-10,12,23H,11H2,1H3. The molecular weight excluding hydrogens is 321 g/mol. The van der Waals surface area contributed by atoms with E-state index in [1.165, 1.54) is 18.5 Å². The molecule has 126 valence electrons. The van der Waals surface area contributed by atoms with Gasteiger partial charge in [0.2, 0.25) is 0 Å². The number of ether oxygens (including phenoxy) is 1. The minimum absolute atomic E-state index is 0.110. The zero-order chi connectivity index (χ0) is 17.6. The van der Waals surface area contributed by atoms with Crippen molar-refractivity contribution in [3.63, 3.8) is 0 Å². The van der Waals surface area contributed by atoms with E-state index in [9.17, 15) is 9.18 Å². The molecular formula is C19H16FN3O2. The van der Waals surface area contributed by atoms with Crippen LogP contribution < -0.4 is 5.32 Å². The molecule has 0 aliphatic rings. The maximum absolute atomic E-state index is 13.6. The molecule has 1 heterocycles. The van der Waals surface area contributed by atoms with Gasteiger partial charge in [0.1, 0.15) is 18.8 Å². The molecule has 0 bridgehead atoms. The fourth-order valence-corrected chi connectivity index (χ4v) is 2.25. The third-order valence-corrected chi connectivity index (χ3v) is 3.60. The Morgan fingerprint density at radius 1 is 1.16 bits per heavy atom. The quantitative estimate of drug-likeness (QED) is 0.712. The Bertz CT molecular complexity index is 885. The highest BCUT2D eigenvalue weighted by Crippen LogP contribution is 2.24. The van der Waals surface area contributed by atoms with Crippen LogP contribution in [0.1, 0.15) is 21.6 Å². The number of carbonyl (C=O) groups excluding carboxylic acids is 1. The van der Waals surface area contributed by atoms with Crippen molar-refractivity contribution in [2.45, 2.75) is 13.5 Å². The van der Waals surface area contributed by atoms with Gasteiger partial charge in [0, 0.05) is 0 Å². The highest BCUT2D eigenvalue weighted by Gasteiger charge is 2.15. The Morgan fingerprint density at radius 3 is 2.72 bits per heavy atom. The van der Waals surface area contributed by atoms with Gasteiger partial charge in [-0.1, -0.05) is 30.3 Å². The highest BCUT2D eigenvalue weighted by atomic mass is 19.1. The summed E-state index contributed by atoms with van der Waals surface area (Å²) in [6.07, 6.45) is 3.02. The summed E-state index contributed by atoms with van der Waals surface area (Å²) in [7, 11) is 0. The molecule has 0 atom stereocenters. The van der Waals surface area contributed by atoms with Crippen LogP contribution in [0.25, 0.3) is 0 Å². The Hall–Kier alpha value is -3.28. The van der Waals surface area contributed by atoms with Crippen LogP contribution in [-0.4, -0.2) is 15.9 Å². The van der Waals surface area contributed by atoms with E-state index in [4.69, 9.17) is 4.74 Å². The number of benzene rings is 2. The normalized spacial score (nSPS) is 10.3. The Morgan fingerprint density at radius 2 is 1.96 bits per heavy atom. The van der Waals surface area contributed by atoms with Gasteiger partial charge in [0.05, 0.1) is 28.8 Å². The third-order valence-electron chi connectivity index (χ3n) is 3.60. The molecule has 0 fully saturated rings. The number of nitrogens with one attached hydrogen (secondary N) is 1. The van der Waals surface area contributed by atoms with Gasteiger partial charge >= 0.3 is 5.97 Å². The van der Waals surface area contributed by atoms with Crippen molar-refractivity contribution >= 4 is 17.3 Å². The molecule has 1 aromatic heterocycles. The molecule has 0 aliphatic heterocycles. The Kier molecular flexibility index (Phi) is 4.99. The molecule has 3 aromatic rings. The largest absolute Gasteiger partial charge is 0.457 e. The highest BCUT2D eigenvalue weighted by molar-refractivity contribution is 5.96. The van der Waals surface area contributed by atoms with E-state index in [-0.39, 0.29) is 12.2 Å². The predicted octanol–water partition coefficient (Wildman–Crippen LogP) is 4.02. The number of aryl methyl sites for hydroxylation is 1. The molecule has 0 amide bonds. The van der Waals surface area contributed by atoms with Crippen molar-refractivity contribution in [3.05, 3.63) is 83.7 Å². The minimum atomic E-state index is -0.611. The van der Waals surface area contributed by atoms with Crippen molar-refractivity contribution in [2.75, 3.05) is 5.32 Å². The molecule has 6 heteroatoms. The molecule has 0 spiro atoms. The molecule has 0 saturated heterocycles. The number of nitrogens with zero attached hydrogens (tertiary/aromatic N) is 2. The van der Waals surface area contributed by atoms with Gasteiger partial charge in [-0.15, -0.1) is 0 Å².